The van der Waals surface area contributed by atoms with Crippen molar-refractivity contribution in [3.63, 3.8) is 0 Å². The van der Waals surface area contributed by atoms with E-state index in [4.69, 9.17) is 16.9 Å². The largest absolute Gasteiger partial charge is 0.352 e. The molecule has 0 bridgehead atoms. The average molecular weight is 241 g/mol. The molecule has 1 aromatic carbocycles. The van der Waals surface area contributed by atoms with Gasteiger partial charge < -0.3 is 5.32 Å². The highest BCUT2D eigenvalue weighted by Gasteiger charge is 2.10. The highest BCUT2D eigenvalue weighted by molar-refractivity contribution is 6.30. The van der Waals surface area contributed by atoms with Gasteiger partial charge in [0.2, 0.25) is 0 Å². The molecule has 1 N–H and O–H groups in total. The Hall–Kier alpha value is -1.60. The van der Waals surface area contributed by atoms with E-state index >= 15 is 0 Å². The highest BCUT2D eigenvalue weighted by Crippen LogP contribution is 2.14. The topological polar surface area (TPSA) is 52.9 Å². The van der Waals surface area contributed by atoms with Crippen molar-refractivity contribution >= 4 is 17.5 Å². The number of amides is 1. The maximum atomic E-state index is 13.3. The number of halogens is 2. The van der Waals surface area contributed by atoms with Gasteiger partial charge in [0.05, 0.1) is 11.6 Å². The standard InChI is InChI=1S/C11H10ClFN2O/c12-8-3-4-9(10(13)7-8)11(16)15-6-2-1-5-14/h3-4,7H,1-2,6H2,(H,15,16). The van der Waals surface area contributed by atoms with Crippen molar-refractivity contribution in [2.24, 2.45) is 0 Å². The van der Waals surface area contributed by atoms with E-state index in [0.717, 1.165) is 6.07 Å². The Kier molecular flexibility index (Phi) is 4.74. The van der Waals surface area contributed by atoms with Gasteiger partial charge in [-0.2, -0.15) is 5.26 Å². The minimum absolute atomic E-state index is 0.0404. The maximum Gasteiger partial charge on any atom is 0.254 e. The Morgan fingerprint density at radius 3 is 2.94 bits per heavy atom. The molecule has 0 heterocycles. The molecule has 16 heavy (non-hydrogen) atoms. The third kappa shape index (κ3) is 3.52. The molecule has 0 atom stereocenters. The predicted molar refractivity (Wildman–Crippen MR) is 58.6 cm³/mol. The summed E-state index contributed by atoms with van der Waals surface area (Å²) in [6.07, 6.45) is 0.917. The van der Waals surface area contributed by atoms with Crippen LogP contribution in [-0.4, -0.2) is 12.5 Å². The third-order valence-corrected chi connectivity index (χ3v) is 2.16. The van der Waals surface area contributed by atoms with Gasteiger partial charge in [-0.25, -0.2) is 4.39 Å². The van der Waals surface area contributed by atoms with E-state index in [0.29, 0.717) is 19.4 Å². The van der Waals surface area contributed by atoms with Crippen LogP contribution in [0.5, 0.6) is 0 Å². The lowest BCUT2D eigenvalue weighted by molar-refractivity contribution is 0.0949. The predicted octanol–water partition coefficient (Wildman–Crippen LogP) is 2.51. The van der Waals surface area contributed by atoms with E-state index in [9.17, 15) is 9.18 Å². The number of benzene rings is 1. The van der Waals surface area contributed by atoms with Crippen molar-refractivity contribution in [2.45, 2.75) is 12.8 Å². The molecule has 0 unspecified atom stereocenters. The molecule has 0 aromatic heterocycles. The molecule has 0 aliphatic rings. The van der Waals surface area contributed by atoms with Gasteiger partial charge >= 0.3 is 0 Å². The van der Waals surface area contributed by atoms with Crippen molar-refractivity contribution in [1.82, 2.24) is 5.32 Å². The summed E-state index contributed by atoms with van der Waals surface area (Å²) in [6, 6.07) is 5.83. The van der Waals surface area contributed by atoms with Gasteiger partial charge in [0.1, 0.15) is 5.82 Å². The van der Waals surface area contributed by atoms with Crippen molar-refractivity contribution in [2.75, 3.05) is 6.54 Å². The number of unbranched alkanes of at least 4 members (excludes halogenated alkanes) is 1. The summed E-state index contributed by atoms with van der Waals surface area (Å²) >= 11 is 5.56. The van der Waals surface area contributed by atoms with E-state index in [1.165, 1.54) is 12.1 Å². The Bertz CT molecular complexity index is 428. The number of carbonyl (C=O) groups excluding carboxylic acids is 1. The quantitative estimate of drug-likeness (QED) is 0.823. The lowest BCUT2D eigenvalue weighted by Crippen LogP contribution is -2.25. The fourth-order valence-corrected chi connectivity index (χ4v) is 1.30. The number of nitriles is 1. The average Bonchev–Trinajstić information content (AvgIpc) is 2.24. The van der Waals surface area contributed by atoms with Crippen LogP contribution in [0, 0.1) is 17.1 Å². The van der Waals surface area contributed by atoms with E-state index in [1.54, 1.807) is 0 Å². The smallest absolute Gasteiger partial charge is 0.254 e. The van der Waals surface area contributed by atoms with E-state index in [-0.39, 0.29) is 10.6 Å². The lowest BCUT2D eigenvalue weighted by atomic mass is 10.2. The number of nitrogens with one attached hydrogen (secondary N) is 1. The molecule has 0 saturated heterocycles. The van der Waals surface area contributed by atoms with Gasteiger partial charge in [-0.3, -0.25) is 4.79 Å². The highest BCUT2D eigenvalue weighted by atomic mass is 35.5. The van der Waals surface area contributed by atoms with Gasteiger partial charge in [-0.05, 0) is 24.6 Å². The first-order chi connectivity index (χ1) is 7.65. The number of carbonyl (C=O) groups is 1. The third-order valence-electron chi connectivity index (χ3n) is 1.93. The summed E-state index contributed by atoms with van der Waals surface area (Å²) in [5, 5.41) is 11.1. The number of hydrogen-bond donors (Lipinski definition) is 1. The van der Waals surface area contributed by atoms with Crippen LogP contribution >= 0.6 is 11.6 Å². The SMILES string of the molecule is N#CCCCNC(=O)c1ccc(Cl)cc1F. The minimum atomic E-state index is -0.648. The normalized spacial score (nSPS) is 9.56. The number of hydrogen-bond acceptors (Lipinski definition) is 2. The van der Waals surface area contributed by atoms with E-state index < -0.39 is 11.7 Å². The monoisotopic (exact) mass is 240 g/mol. The summed E-state index contributed by atoms with van der Waals surface area (Å²) in [4.78, 5) is 11.5. The maximum absolute atomic E-state index is 13.3. The van der Waals surface area contributed by atoms with Crippen LogP contribution in [0.25, 0.3) is 0 Å². The number of rotatable bonds is 4. The first-order valence-electron chi connectivity index (χ1n) is 4.75. The summed E-state index contributed by atoms with van der Waals surface area (Å²) in [6.45, 7) is 0.356. The van der Waals surface area contributed by atoms with Crippen LogP contribution in [0.2, 0.25) is 5.02 Å². The summed E-state index contributed by atoms with van der Waals surface area (Å²) in [5.41, 5.74) is -0.0404. The molecule has 0 saturated carbocycles. The zero-order chi connectivity index (χ0) is 12.0. The second kappa shape index (κ2) is 6.09. The molecular formula is C11H10ClFN2O. The van der Waals surface area contributed by atoms with Crippen molar-refractivity contribution in [3.05, 3.63) is 34.6 Å². The fourth-order valence-electron chi connectivity index (χ4n) is 1.14. The van der Waals surface area contributed by atoms with Crippen molar-refractivity contribution in [1.29, 1.82) is 5.26 Å². The second-order valence-corrected chi connectivity index (χ2v) is 3.58. The molecule has 0 aliphatic carbocycles. The fraction of sp³-hybridized carbons (Fsp3) is 0.273. The Balaban J connectivity index is 2.57. The molecule has 84 valence electrons. The minimum Gasteiger partial charge on any atom is -0.352 e. The Labute approximate surface area is 97.8 Å². The van der Waals surface area contributed by atoms with Gasteiger partial charge in [-0.15, -0.1) is 0 Å². The van der Waals surface area contributed by atoms with E-state index in [2.05, 4.69) is 5.32 Å². The van der Waals surface area contributed by atoms with Gasteiger partial charge in [0.15, 0.2) is 0 Å². The first kappa shape index (κ1) is 12.5. The van der Waals surface area contributed by atoms with Gasteiger partial charge in [-0.1, -0.05) is 11.6 Å². The second-order valence-electron chi connectivity index (χ2n) is 3.14. The molecule has 0 radical (unpaired) electrons. The van der Waals surface area contributed by atoms with Crippen LogP contribution in [0.4, 0.5) is 4.39 Å². The Morgan fingerprint density at radius 2 is 2.31 bits per heavy atom. The molecule has 1 amide bonds. The zero-order valence-corrected chi connectivity index (χ0v) is 9.22. The molecule has 5 heteroatoms. The number of nitrogens with zero attached hydrogens (tertiary/aromatic N) is 1. The van der Waals surface area contributed by atoms with Crippen LogP contribution < -0.4 is 5.32 Å². The summed E-state index contributed by atoms with van der Waals surface area (Å²) < 4.78 is 13.3. The summed E-state index contributed by atoms with van der Waals surface area (Å²) in [5.74, 6) is -1.14. The van der Waals surface area contributed by atoms with Crippen molar-refractivity contribution in [3.8, 4) is 6.07 Å². The molecule has 1 rings (SSSR count). The Morgan fingerprint density at radius 1 is 1.56 bits per heavy atom. The molecule has 0 spiro atoms. The van der Waals surface area contributed by atoms with Gasteiger partial charge in [0.25, 0.3) is 5.91 Å². The molecular weight excluding hydrogens is 231 g/mol. The lowest BCUT2D eigenvalue weighted by Gasteiger charge is -2.04. The van der Waals surface area contributed by atoms with E-state index in [1.807, 2.05) is 6.07 Å². The van der Waals surface area contributed by atoms with Crippen LogP contribution in [0.3, 0.4) is 0 Å². The van der Waals surface area contributed by atoms with Gasteiger partial charge in [0, 0.05) is 18.0 Å². The van der Waals surface area contributed by atoms with Crippen LogP contribution in [-0.2, 0) is 0 Å². The molecule has 3 nitrogen and oxygen atoms in total. The van der Waals surface area contributed by atoms with Crippen LogP contribution in [0.15, 0.2) is 18.2 Å². The zero-order valence-electron chi connectivity index (χ0n) is 8.46. The molecule has 0 fully saturated rings. The summed E-state index contributed by atoms with van der Waals surface area (Å²) in [7, 11) is 0. The first-order valence-corrected chi connectivity index (χ1v) is 5.13. The van der Waals surface area contributed by atoms with Crippen LogP contribution in [0.1, 0.15) is 23.2 Å². The van der Waals surface area contributed by atoms with Crippen molar-refractivity contribution < 1.29 is 9.18 Å². The molecule has 0 aliphatic heterocycles. The molecule has 1 aromatic rings.